The molecule has 0 spiro atoms. The number of halogens is 2. The minimum atomic E-state index is -0.312. The highest BCUT2D eigenvalue weighted by molar-refractivity contribution is 6.31. The highest BCUT2D eigenvalue weighted by Gasteiger charge is 2.44. The molecule has 0 saturated heterocycles. The van der Waals surface area contributed by atoms with Crippen molar-refractivity contribution in [3.05, 3.63) is 75.3 Å². The van der Waals surface area contributed by atoms with Gasteiger partial charge in [-0.2, -0.15) is 5.10 Å². The van der Waals surface area contributed by atoms with E-state index < -0.39 is 0 Å². The van der Waals surface area contributed by atoms with E-state index in [1.807, 2.05) is 48.5 Å². The molecule has 1 heterocycles. The SMILES string of the molecule is O=C(OCC(=O)N1N=C2C(=Cc3cccc(Cl)c3)CCCC2C1c1ccc(Cl)cc1)C1CC1. The molecular formula is C26H24Cl2N2O3. The van der Waals surface area contributed by atoms with Crippen LogP contribution in [0, 0.1) is 11.8 Å². The third-order valence-corrected chi connectivity index (χ3v) is 6.89. The molecule has 7 heteroatoms. The highest BCUT2D eigenvalue weighted by Crippen LogP contribution is 2.44. The minimum absolute atomic E-state index is 0.0513. The summed E-state index contributed by atoms with van der Waals surface area (Å²) in [4.78, 5) is 25.2. The number of hydrazone groups is 1. The average Bonchev–Trinajstić information content (AvgIpc) is 3.58. The number of hydrogen-bond acceptors (Lipinski definition) is 4. The van der Waals surface area contributed by atoms with Crippen molar-refractivity contribution in [2.24, 2.45) is 16.9 Å². The van der Waals surface area contributed by atoms with Crippen molar-refractivity contribution in [2.75, 3.05) is 6.61 Å². The first-order chi connectivity index (χ1) is 16.0. The second-order valence-corrected chi connectivity index (χ2v) is 9.70. The van der Waals surface area contributed by atoms with Crippen molar-refractivity contribution >= 4 is 46.9 Å². The lowest BCUT2D eigenvalue weighted by Crippen LogP contribution is -2.34. The summed E-state index contributed by atoms with van der Waals surface area (Å²) in [5.41, 5.74) is 4.00. The summed E-state index contributed by atoms with van der Waals surface area (Å²) in [7, 11) is 0. The van der Waals surface area contributed by atoms with Crippen LogP contribution in [0.4, 0.5) is 0 Å². The molecule has 0 bridgehead atoms. The van der Waals surface area contributed by atoms with Gasteiger partial charge in [0.25, 0.3) is 5.91 Å². The van der Waals surface area contributed by atoms with Gasteiger partial charge in [-0.3, -0.25) is 9.59 Å². The maximum Gasteiger partial charge on any atom is 0.309 e. The second-order valence-electron chi connectivity index (χ2n) is 8.83. The molecule has 2 atom stereocenters. The molecule has 0 radical (unpaired) electrons. The Kier molecular flexibility index (Phi) is 6.26. The van der Waals surface area contributed by atoms with E-state index in [9.17, 15) is 9.59 Å². The largest absolute Gasteiger partial charge is 0.455 e. The average molecular weight is 483 g/mol. The molecule has 2 saturated carbocycles. The lowest BCUT2D eigenvalue weighted by atomic mass is 9.77. The summed E-state index contributed by atoms with van der Waals surface area (Å²) < 4.78 is 5.28. The quantitative estimate of drug-likeness (QED) is 0.485. The van der Waals surface area contributed by atoms with Crippen LogP contribution in [0.15, 0.2) is 59.2 Å². The van der Waals surface area contributed by atoms with Gasteiger partial charge in [-0.15, -0.1) is 0 Å². The topological polar surface area (TPSA) is 59.0 Å². The Morgan fingerprint density at radius 2 is 1.85 bits per heavy atom. The molecule has 3 aliphatic rings. The molecule has 2 aliphatic carbocycles. The van der Waals surface area contributed by atoms with Gasteiger partial charge in [-0.05, 0) is 79.1 Å². The molecule has 1 amide bonds. The van der Waals surface area contributed by atoms with E-state index in [1.54, 1.807) is 0 Å². The number of amides is 1. The first kappa shape index (κ1) is 22.2. The zero-order chi connectivity index (χ0) is 22.9. The van der Waals surface area contributed by atoms with Gasteiger partial charge in [-0.25, -0.2) is 5.01 Å². The molecular weight excluding hydrogens is 459 g/mol. The van der Waals surface area contributed by atoms with E-state index in [-0.39, 0.29) is 36.4 Å². The van der Waals surface area contributed by atoms with Gasteiger partial charge < -0.3 is 4.74 Å². The fourth-order valence-electron chi connectivity index (χ4n) is 4.63. The maximum atomic E-state index is 13.2. The summed E-state index contributed by atoms with van der Waals surface area (Å²) in [5, 5.41) is 7.64. The zero-order valence-electron chi connectivity index (χ0n) is 18.0. The first-order valence-electron chi connectivity index (χ1n) is 11.3. The van der Waals surface area contributed by atoms with E-state index in [4.69, 9.17) is 33.0 Å². The van der Waals surface area contributed by atoms with Crippen molar-refractivity contribution in [1.82, 2.24) is 5.01 Å². The summed E-state index contributed by atoms with van der Waals surface area (Å²) in [5.74, 6) is -0.594. The summed E-state index contributed by atoms with van der Waals surface area (Å²) in [6.45, 7) is -0.295. The molecule has 0 N–H and O–H groups in total. The summed E-state index contributed by atoms with van der Waals surface area (Å²) in [6, 6.07) is 15.0. The van der Waals surface area contributed by atoms with Gasteiger partial charge >= 0.3 is 5.97 Å². The number of rotatable bonds is 5. The Morgan fingerprint density at radius 1 is 1.06 bits per heavy atom. The Morgan fingerprint density at radius 3 is 2.58 bits per heavy atom. The van der Waals surface area contributed by atoms with Crippen LogP contribution in [0.5, 0.6) is 0 Å². The van der Waals surface area contributed by atoms with Crippen LogP contribution in [0.1, 0.15) is 49.3 Å². The normalized spacial score (nSPS) is 23.3. The van der Waals surface area contributed by atoms with Crippen LogP contribution < -0.4 is 0 Å². The fourth-order valence-corrected chi connectivity index (χ4v) is 4.96. The van der Waals surface area contributed by atoms with Crippen molar-refractivity contribution in [1.29, 1.82) is 0 Å². The third-order valence-electron chi connectivity index (χ3n) is 6.41. The molecule has 5 rings (SSSR count). The van der Waals surface area contributed by atoms with E-state index in [0.29, 0.717) is 10.0 Å². The van der Waals surface area contributed by atoms with Crippen LogP contribution in [0.3, 0.4) is 0 Å². The number of esters is 1. The van der Waals surface area contributed by atoms with E-state index in [0.717, 1.165) is 54.5 Å². The third kappa shape index (κ3) is 4.85. The predicted molar refractivity (Wildman–Crippen MR) is 129 cm³/mol. The lowest BCUT2D eigenvalue weighted by molar-refractivity contribution is -0.154. The smallest absolute Gasteiger partial charge is 0.309 e. The lowest BCUT2D eigenvalue weighted by Gasteiger charge is -2.29. The first-order valence-corrected chi connectivity index (χ1v) is 12.0. The zero-order valence-corrected chi connectivity index (χ0v) is 19.6. The number of fused-ring (bicyclic) bond motifs is 1. The highest BCUT2D eigenvalue weighted by atomic mass is 35.5. The molecule has 0 aromatic heterocycles. The second kappa shape index (κ2) is 9.32. The minimum Gasteiger partial charge on any atom is -0.455 e. The summed E-state index contributed by atoms with van der Waals surface area (Å²) in [6.07, 6.45) is 6.59. The standard InChI is InChI=1S/C26H24Cl2N2O3/c27-20-11-9-17(10-12-20)25-22-6-2-4-19(13-16-3-1-5-21(28)14-16)24(22)29-30(25)23(31)15-33-26(32)18-7-8-18/h1,3,5,9-14,18,22,25H,2,4,6-8,15H2. The van der Waals surface area contributed by atoms with E-state index >= 15 is 0 Å². The van der Waals surface area contributed by atoms with Crippen molar-refractivity contribution < 1.29 is 14.3 Å². The number of benzene rings is 2. The molecule has 2 fully saturated rings. The maximum absolute atomic E-state index is 13.2. The van der Waals surface area contributed by atoms with Crippen LogP contribution >= 0.6 is 23.2 Å². The number of nitrogens with zero attached hydrogens (tertiary/aromatic N) is 2. The van der Waals surface area contributed by atoms with Gasteiger partial charge in [0, 0.05) is 16.0 Å². The van der Waals surface area contributed by atoms with Gasteiger partial charge in [0.15, 0.2) is 6.61 Å². The molecule has 170 valence electrons. The number of carbonyl (C=O) groups excluding carboxylic acids is 2. The Bertz CT molecular complexity index is 1140. The van der Waals surface area contributed by atoms with E-state index in [1.165, 1.54) is 5.01 Å². The van der Waals surface area contributed by atoms with Gasteiger partial charge in [0.1, 0.15) is 0 Å². The molecule has 2 aromatic carbocycles. The van der Waals surface area contributed by atoms with E-state index in [2.05, 4.69) is 6.08 Å². The van der Waals surface area contributed by atoms with Gasteiger partial charge in [0.2, 0.25) is 0 Å². The Balaban J connectivity index is 1.46. The van der Waals surface area contributed by atoms with Crippen molar-refractivity contribution in [3.8, 4) is 0 Å². The van der Waals surface area contributed by atoms with Crippen molar-refractivity contribution in [2.45, 2.75) is 38.1 Å². The number of hydrogen-bond donors (Lipinski definition) is 0. The fraction of sp³-hybridized carbons (Fsp3) is 0.346. The van der Waals surface area contributed by atoms with Gasteiger partial charge in [-0.1, -0.05) is 47.5 Å². The predicted octanol–water partition coefficient (Wildman–Crippen LogP) is 6.07. The van der Waals surface area contributed by atoms with Gasteiger partial charge in [0.05, 0.1) is 17.7 Å². The molecule has 2 aromatic rings. The monoisotopic (exact) mass is 482 g/mol. The van der Waals surface area contributed by atoms with Crippen molar-refractivity contribution in [3.63, 3.8) is 0 Å². The van der Waals surface area contributed by atoms with Crippen LogP contribution in [0.25, 0.3) is 6.08 Å². The van der Waals surface area contributed by atoms with Crippen LogP contribution in [-0.2, 0) is 14.3 Å². The Hall–Kier alpha value is -2.63. The molecule has 1 aliphatic heterocycles. The van der Waals surface area contributed by atoms with Crippen LogP contribution in [0.2, 0.25) is 10.0 Å². The Labute approximate surface area is 203 Å². The van der Waals surface area contributed by atoms with Crippen LogP contribution in [-0.4, -0.2) is 29.2 Å². The number of carbonyl (C=O) groups is 2. The number of allylic oxidation sites excluding steroid dienone is 1. The summed E-state index contributed by atoms with van der Waals surface area (Å²) >= 11 is 12.3. The number of ether oxygens (including phenoxy) is 1. The molecule has 2 unspecified atom stereocenters. The molecule has 33 heavy (non-hydrogen) atoms. The molecule has 5 nitrogen and oxygen atoms in total.